The fourth-order valence-corrected chi connectivity index (χ4v) is 1.30. The molecule has 1 unspecified atom stereocenters. The van der Waals surface area contributed by atoms with Gasteiger partial charge in [-0.25, -0.2) is 0 Å². The van der Waals surface area contributed by atoms with Gasteiger partial charge < -0.3 is 10.8 Å². The van der Waals surface area contributed by atoms with Crippen LogP contribution >= 0.6 is 11.6 Å². The zero-order valence-electron chi connectivity index (χ0n) is 7.07. The van der Waals surface area contributed by atoms with E-state index in [1.165, 1.54) is 12.1 Å². The number of nitrogens with zero attached hydrogens (tertiary/aromatic N) is 1. The fraction of sp³-hybridized carbons (Fsp3) is 0.111. The largest absolute Gasteiger partial charge is 0.480 e. The molecule has 1 atom stereocenters. The van der Waals surface area contributed by atoms with Crippen LogP contribution in [-0.2, 0) is 4.79 Å². The number of hydrogen-bond donors (Lipinski definition) is 2. The van der Waals surface area contributed by atoms with E-state index in [2.05, 4.69) is 0 Å². The van der Waals surface area contributed by atoms with E-state index in [1.807, 2.05) is 6.07 Å². The van der Waals surface area contributed by atoms with E-state index >= 15 is 0 Å². The first kappa shape index (κ1) is 10.5. The van der Waals surface area contributed by atoms with E-state index < -0.39 is 12.0 Å². The SMILES string of the molecule is N#Cc1cccc(C(N)C(=O)O)c1Cl. The number of rotatable bonds is 2. The zero-order valence-corrected chi connectivity index (χ0v) is 7.82. The Hall–Kier alpha value is -1.57. The molecule has 0 radical (unpaired) electrons. The van der Waals surface area contributed by atoms with Crippen LogP contribution in [-0.4, -0.2) is 11.1 Å². The van der Waals surface area contributed by atoms with E-state index in [0.717, 1.165) is 0 Å². The number of carbonyl (C=O) groups is 1. The number of hydrogen-bond acceptors (Lipinski definition) is 3. The minimum Gasteiger partial charge on any atom is -0.480 e. The molecule has 72 valence electrons. The second-order valence-corrected chi connectivity index (χ2v) is 3.01. The van der Waals surface area contributed by atoms with Crippen LogP contribution in [0.4, 0.5) is 0 Å². The van der Waals surface area contributed by atoms with Crippen molar-refractivity contribution in [2.24, 2.45) is 5.73 Å². The van der Waals surface area contributed by atoms with Gasteiger partial charge in [-0.1, -0.05) is 23.7 Å². The van der Waals surface area contributed by atoms with Gasteiger partial charge >= 0.3 is 5.97 Å². The summed E-state index contributed by atoms with van der Waals surface area (Å²) in [6.45, 7) is 0. The summed E-state index contributed by atoms with van der Waals surface area (Å²) >= 11 is 5.78. The molecule has 0 aromatic heterocycles. The number of benzene rings is 1. The van der Waals surface area contributed by atoms with Crippen molar-refractivity contribution in [3.8, 4) is 6.07 Å². The molecule has 3 N–H and O–H groups in total. The average Bonchev–Trinajstić information content (AvgIpc) is 2.17. The number of aliphatic carboxylic acids is 1. The summed E-state index contributed by atoms with van der Waals surface area (Å²) in [5, 5.41) is 17.4. The zero-order chi connectivity index (χ0) is 10.7. The highest BCUT2D eigenvalue weighted by atomic mass is 35.5. The van der Waals surface area contributed by atoms with Crippen molar-refractivity contribution in [3.05, 3.63) is 34.3 Å². The molecule has 0 aliphatic carbocycles. The Morgan fingerprint density at radius 2 is 2.29 bits per heavy atom. The quantitative estimate of drug-likeness (QED) is 0.770. The summed E-state index contributed by atoms with van der Waals surface area (Å²) in [6, 6.07) is 5.18. The Bertz CT molecular complexity index is 412. The molecule has 0 spiro atoms. The normalized spacial score (nSPS) is 11.8. The lowest BCUT2D eigenvalue weighted by Crippen LogP contribution is -2.21. The molecule has 1 aromatic rings. The Labute approximate surface area is 85.5 Å². The van der Waals surface area contributed by atoms with Crippen molar-refractivity contribution in [2.45, 2.75) is 6.04 Å². The number of nitrogens with two attached hydrogens (primary N) is 1. The van der Waals surface area contributed by atoms with Crippen LogP contribution in [0.15, 0.2) is 18.2 Å². The van der Waals surface area contributed by atoms with E-state index in [9.17, 15) is 4.79 Å². The smallest absolute Gasteiger partial charge is 0.325 e. The minimum atomic E-state index is -1.20. The van der Waals surface area contributed by atoms with E-state index in [4.69, 9.17) is 27.7 Å². The van der Waals surface area contributed by atoms with Gasteiger partial charge in [0, 0.05) is 0 Å². The maximum absolute atomic E-state index is 10.6. The van der Waals surface area contributed by atoms with Gasteiger partial charge in [-0.15, -0.1) is 0 Å². The lowest BCUT2D eigenvalue weighted by molar-refractivity contribution is -0.138. The van der Waals surface area contributed by atoms with Gasteiger partial charge in [-0.05, 0) is 11.6 Å². The monoisotopic (exact) mass is 210 g/mol. The van der Waals surface area contributed by atoms with Crippen LogP contribution in [0.5, 0.6) is 0 Å². The molecular formula is C9H7ClN2O2. The summed E-state index contributed by atoms with van der Waals surface area (Å²) in [5.74, 6) is -1.18. The number of carboxylic acid groups (broad SMARTS) is 1. The van der Waals surface area contributed by atoms with Crippen LogP contribution in [0.2, 0.25) is 5.02 Å². The van der Waals surface area contributed by atoms with E-state index in [0.29, 0.717) is 0 Å². The third kappa shape index (κ3) is 1.84. The topological polar surface area (TPSA) is 87.1 Å². The van der Waals surface area contributed by atoms with Crippen molar-refractivity contribution in [1.29, 1.82) is 5.26 Å². The van der Waals surface area contributed by atoms with E-state index in [1.54, 1.807) is 6.07 Å². The lowest BCUT2D eigenvalue weighted by Gasteiger charge is -2.09. The Morgan fingerprint density at radius 1 is 1.64 bits per heavy atom. The molecule has 0 bridgehead atoms. The van der Waals surface area contributed by atoms with Crippen molar-refractivity contribution < 1.29 is 9.90 Å². The first-order valence-corrected chi connectivity index (χ1v) is 4.12. The summed E-state index contributed by atoms with van der Waals surface area (Å²) < 4.78 is 0. The third-order valence-corrected chi connectivity index (χ3v) is 2.17. The van der Waals surface area contributed by atoms with Gasteiger partial charge in [-0.3, -0.25) is 4.79 Å². The molecule has 0 fully saturated rings. The maximum Gasteiger partial charge on any atom is 0.325 e. The van der Waals surface area contributed by atoms with E-state index in [-0.39, 0.29) is 16.1 Å². The second-order valence-electron chi connectivity index (χ2n) is 2.64. The number of nitriles is 1. The summed E-state index contributed by atoms with van der Waals surface area (Å²) in [7, 11) is 0. The Morgan fingerprint density at radius 3 is 2.79 bits per heavy atom. The Balaban J connectivity index is 3.24. The first-order chi connectivity index (χ1) is 6.57. The lowest BCUT2D eigenvalue weighted by atomic mass is 10.1. The van der Waals surface area contributed by atoms with Gasteiger partial charge in [-0.2, -0.15) is 5.26 Å². The number of carboxylic acids is 1. The van der Waals surface area contributed by atoms with Gasteiger partial charge in [0.1, 0.15) is 12.1 Å². The highest BCUT2D eigenvalue weighted by Crippen LogP contribution is 2.24. The molecule has 14 heavy (non-hydrogen) atoms. The van der Waals surface area contributed by atoms with Gasteiger partial charge in [0.15, 0.2) is 0 Å². The molecule has 4 nitrogen and oxygen atoms in total. The molecule has 0 aliphatic rings. The summed E-state index contributed by atoms with van der Waals surface area (Å²) in [5.41, 5.74) is 5.84. The number of halogens is 1. The molecule has 0 aliphatic heterocycles. The Kier molecular flexibility index (Phi) is 3.07. The predicted molar refractivity (Wildman–Crippen MR) is 50.7 cm³/mol. The van der Waals surface area contributed by atoms with Crippen molar-refractivity contribution in [1.82, 2.24) is 0 Å². The molecule has 1 aromatic carbocycles. The van der Waals surface area contributed by atoms with Crippen molar-refractivity contribution in [3.63, 3.8) is 0 Å². The maximum atomic E-state index is 10.6. The third-order valence-electron chi connectivity index (χ3n) is 1.75. The van der Waals surface area contributed by atoms with Crippen molar-refractivity contribution in [2.75, 3.05) is 0 Å². The van der Waals surface area contributed by atoms with Crippen molar-refractivity contribution >= 4 is 17.6 Å². The van der Waals surface area contributed by atoms with Gasteiger partial charge in [0.25, 0.3) is 0 Å². The molecule has 1 rings (SSSR count). The highest BCUT2D eigenvalue weighted by Gasteiger charge is 2.18. The fourth-order valence-electron chi connectivity index (χ4n) is 1.01. The van der Waals surface area contributed by atoms with Crippen LogP contribution in [0.25, 0.3) is 0 Å². The molecule has 0 saturated carbocycles. The second kappa shape index (κ2) is 4.09. The highest BCUT2D eigenvalue weighted by molar-refractivity contribution is 6.32. The summed E-state index contributed by atoms with van der Waals surface area (Å²) in [6.07, 6.45) is 0. The average molecular weight is 211 g/mol. The standard InChI is InChI=1S/C9H7ClN2O2/c10-7-5(4-11)2-1-3-6(7)8(12)9(13)14/h1-3,8H,12H2,(H,13,14). The molecular weight excluding hydrogens is 204 g/mol. The predicted octanol–water partition coefficient (Wildman–Crippen LogP) is 1.30. The van der Waals surface area contributed by atoms with Crippen LogP contribution in [0.1, 0.15) is 17.2 Å². The first-order valence-electron chi connectivity index (χ1n) is 3.75. The molecule has 0 saturated heterocycles. The molecule has 0 amide bonds. The van der Waals surface area contributed by atoms with Crippen LogP contribution in [0, 0.1) is 11.3 Å². The minimum absolute atomic E-state index is 0.102. The molecule has 5 heteroatoms. The summed E-state index contributed by atoms with van der Waals surface area (Å²) in [4.78, 5) is 10.6. The van der Waals surface area contributed by atoms with Crippen LogP contribution in [0.3, 0.4) is 0 Å². The molecule has 0 heterocycles. The van der Waals surface area contributed by atoms with Gasteiger partial charge in [0.2, 0.25) is 0 Å². The van der Waals surface area contributed by atoms with Gasteiger partial charge in [0.05, 0.1) is 10.6 Å². The van der Waals surface area contributed by atoms with Crippen LogP contribution < -0.4 is 5.73 Å².